The van der Waals surface area contributed by atoms with E-state index in [0.29, 0.717) is 5.88 Å². The fraction of sp³-hybridized carbons (Fsp3) is 0.643. The summed E-state index contributed by atoms with van der Waals surface area (Å²) in [5.41, 5.74) is 2.57. The summed E-state index contributed by atoms with van der Waals surface area (Å²) in [6.07, 6.45) is 9.04. The molecule has 2 aliphatic heterocycles. The second-order valence-electron chi connectivity index (χ2n) is 5.21. The number of fused-ring (bicyclic) bond motifs is 1. The summed E-state index contributed by atoms with van der Waals surface area (Å²) in [5.74, 6) is 1.28. The Morgan fingerprint density at radius 3 is 2.89 bits per heavy atom. The molecule has 2 nitrogen and oxygen atoms in total. The molecule has 1 aliphatic carbocycles. The predicted molar refractivity (Wildman–Crippen MR) is 79.8 cm³/mol. The number of thioether (sulfide) groups is 1. The van der Waals surface area contributed by atoms with Crippen LogP contribution in [0.1, 0.15) is 39.0 Å². The zero-order valence-electron chi connectivity index (χ0n) is 10.8. The van der Waals surface area contributed by atoms with Gasteiger partial charge in [0.15, 0.2) is 5.17 Å². The predicted octanol–water partition coefficient (Wildman–Crippen LogP) is 4.34. The van der Waals surface area contributed by atoms with Crippen molar-refractivity contribution in [3.05, 3.63) is 22.4 Å². The minimum absolute atomic E-state index is 0.524. The molecular weight excluding hydrogens is 264 g/mol. The Kier molecular flexibility index (Phi) is 3.71. The minimum atomic E-state index is 0.524. The van der Waals surface area contributed by atoms with Gasteiger partial charge in [0.1, 0.15) is 0 Å². The Hall–Kier alpha value is -0.410. The number of aliphatic imine (C=N–C) groups is 1. The van der Waals surface area contributed by atoms with Crippen molar-refractivity contribution in [1.29, 1.82) is 0 Å². The average molecular weight is 283 g/mol. The first-order chi connectivity index (χ1) is 8.79. The highest BCUT2D eigenvalue weighted by molar-refractivity contribution is 8.17. The van der Waals surface area contributed by atoms with Gasteiger partial charge in [-0.25, -0.2) is 4.99 Å². The van der Waals surface area contributed by atoms with Gasteiger partial charge in [-0.2, -0.15) is 0 Å². The number of amidine groups is 1. The molecule has 0 unspecified atom stereocenters. The van der Waals surface area contributed by atoms with E-state index >= 15 is 0 Å². The van der Waals surface area contributed by atoms with E-state index in [9.17, 15) is 0 Å². The van der Waals surface area contributed by atoms with Gasteiger partial charge in [0, 0.05) is 23.1 Å². The first-order valence-corrected chi connectivity index (χ1v) is 8.14. The van der Waals surface area contributed by atoms with Crippen LogP contribution in [0.4, 0.5) is 0 Å². The summed E-state index contributed by atoms with van der Waals surface area (Å²) in [4.78, 5) is 8.51. The highest BCUT2D eigenvalue weighted by atomic mass is 35.5. The van der Waals surface area contributed by atoms with Crippen molar-refractivity contribution in [1.82, 2.24) is 4.90 Å². The van der Waals surface area contributed by atoms with Crippen LogP contribution >= 0.6 is 23.4 Å². The smallest absolute Gasteiger partial charge is 0.173 e. The van der Waals surface area contributed by atoms with E-state index in [1.54, 1.807) is 5.70 Å². The van der Waals surface area contributed by atoms with E-state index in [1.807, 2.05) is 11.8 Å². The maximum Gasteiger partial charge on any atom is 0.173 e. The molecule has 98 valence electrons. The molecule has 2 heterocycles. The highest BCUT2D eigenvalue weighted by Gasteiger charge is 2.33. The van der Waals surface area contributed by atoms with Gasteiger partial charge in [-0.15, -0.1) is 11.6 Å². The van der Waals surface area contributed by atoms with E-state index in [4.69, 9.17) is 11.6 Å². The lowest BCUT2D eigenvalue weighted by Crippen LogP contribution is -2.31. The second kappa shape index (κ2) is 5.30. The van der Waals surface area contributed by atoms with Gasteiger partial charge in [0.05, 0.1) is 11.6 Å². The Balaban J connectivity index is 1.82. The van der Waals surface area contributed by atoms with Crippen LogP contribution in [-0.4, -0.2) is 22.5 Å². The van der Waals surface area contributed by atoms with Crippen LogP contribution in [0.25, 0.3) is 0 Å². The van der Waals surface area contributed by atoms with E-state index in [-0.39, 0.29) is 0 Å². The van der Waals surface area contributed by atoms with Crippen LogP contribution in [0.5, 0.6) is 0 Å². The van der Waals surface area contributed by atoms with Gasteiger partial charge >= 0.3 is 0 Å². The number of rotatable bonds is 2. The summed E-state index contributed by atoms with van der Waals surface area (Å²) in [6.45, 7) is 3.20. The molecule has 4 heteroatoms. The Morgan fingerprint density at radius 2 is 2.17 bits per heavy atom. The van der Waals surface area contributed by atoms with Crippen molar-refractivity contribution in [3.63, 3.8) is 0 Å². The third-order valence-electron chi connectivity index (χ3n) is 4.00. The normalized spacial score (nSPS) is 25.1. The van der Waals surface area contributed by atoms with Gasteiger partial charge in [-0.05, 0) is 25.8 Å². The first kappa shape index (κ1) is 12.6. The third-order valence-corrected chi connectivity index (χ3v) is 5.29. The van der Waals surface area contributed by atoms with Gasteiger partial charge in [0.2, 0.25) is 0 Å². The Bertz CT molecular complexity index is 433. The molecule has 0 spiro atoms. The van der Waals surface area contributed by atoms with Gasteiger partial charge in [0.25, 0.3) is 0 Å². The topological polar surface area (TPSA) is 15.6 Å². The molecule has 0 aromatic heterocycles. The van der Waals surface area contributed by atoms with Crippen molar-refractivity contribution in [3.8, 4) is 0 Å². The maximum absolute atomic E-state index is 5.88. The summed E-state index contributed by atoms with van der Waals surface area (Å²) in [5, 5.41) is 1.14. The highest BCUT2D eigenvalue weighted by Crippen LogP contribution is 2.43. The van der Waals surface area contributed by atoms with Crippen LogP contribution in [0.3, 0.4) is 0 Å². The van der Waals surface area contributed by atoms with E-state index in [0.717, 1.165) is 23.3 Å². The van der Waals surface area contributed by atoms with Crippen LogP contribution in [0, 0.1) is 5.92 Å². The van der Waals surface area contributed by atoms with Crippen LogP contribution in [0.2, 0.25) is 0 Å². The summed E-state index contributed by atoms with van der Waals surface area (Å²) in [7, 11) is 0. The Labute approximate surface area is 118 Å². The monoisotopic (exact) mass is 282 g/mol. The summed E-state index contributed by atoms with van der Waals surface area (Å²) >= 11 is 7.70. The van der Waals surface area contributed by atoms with Gasteiger partial charge in [-0.1, -0.05) is 31.0 Å². The average Bonchev–Trinajstić information content (AvgIpc) is 2.74. The standard InChI is InChI=1S/C14H19ClN2S/c1-10-13(11-5-3-2-4-6-11)17-8-7-12(9-15)16-14(17)18-10/h7,11H,2-6,8-9H2,1H3. The summed E-state index contributed by atoms with van der Waals surface area (Å²) in [6, 6.07) is 0. The molecule has 3 rings (SSSR count). The molecule has 0 amide bonds. The fourth-order valence-corrected chi connectivity index (χ4v) is 4.40. The van der Waals surface area contributed by atoms with Crippen LogP contribution in [0.15, 0.2) is 27.4 Å². The van der Waals surface area contributed by atoms with Crippen molar-refractivity contribution in [2.24, 2.45) is 10.9 Å². The van der Waals surface area contributed by atoms with Gasteiger partial charge in [-0.3, -0.25) is 0 Å². The van der Waals surface area contributed by atoms with Crippen molar-refractivity contribution < 1.29 is 0 Å². The largest absolute Gasteiger partial charge is 0.319 e. The molecule has 0 aromatic carbocycles. The number of nitrogens with zero attached hydrogens (tertiary/aromatic N) is 2. The number of hydrogen-bond acceptors (Lipinski definition) is 3. The molecule has 0 aromatic rings. The molecule has 1 saturated carbocycles. The van der Waals surface area contributed by atoms with Crippen molar-refractivity contribution >= 4 is 28.5 Å². The molecule has 0 radical (unpaired) electrons. The minimum Gasteiger partial charge on any atom is -0.319 e. The van der Waals surface area contributed by atoms with E-state index in [2.05, 4.69) is 22.9 Å². The van der Waals surface area contributed by atoms with Crippen LogP contribution in [-0.2, 0) is 0 Å². The molecule has 0 saturated heterocycles. The Morgan fingerprint density at radius 1 is 1.39 bits per heavy atom. The number of halogens is 1. The van der Waals surface area contributed by atoms with E-state index in [1.165, 1.54) is 37.0 Å². The molecule has 3 aliphatic rings. The van der Waals surface area contributed by atoms with Gasteiger partial charge < -0.3 is 4.90 Å². The first-order valence-electron chi connectivity index (χ1n) is 6.79. The molecule has 0 bridgehead atoms. The third kappa shape index (κ3) is 2.23. The number of alkyl halides is 1. The number of allylic oxidation sites excluding steroid dienone is 3. The quantitative estimate of drug-likeness (QED) is 0.700. The fourth-order valence-electron chi connectivity index (χ4n) is 3.13. The lowest BCUT2D eigenvalue weighted by molar-refractivity contribution is 0.349. The molecule has 18 heavy (non-hydrogen) atoms. The maximum atomic E-state index is 5.88. The van der Waals surface area contributed by atoms with Crippen LogP contribution < -0.4 is 0 Å². The molecule has 0 atom stereocenters. The lowest BCUT2D eigenvalue weighted by atomic mass is 9.86. The van der Waals surface area contributed by atoms with Crippen molar-refractivity contribution in [2.45, 2.75) is 39.0 Å². The molecular formula is C14H19ClN2S. The second-order valence-corrected chi connectivity index (χ2v) is 6.66. The zero-order chi connectivity index (χ0) is 12.5. The summed E-state index contributed by atoms with van der Waals surface area (Å²) < 4.78 is 0. The molecule has 1 fully saturated rings. The number of hydrogen-bond donors (Lipinski definition) is 0. The van der Waals surface area contributed by atoms with E-state index < -0.39 is 0 Å². The zero-order valence-corrected chi connectivity index (χ0v) is 12.4. The SMILES string of the molecule is CC1=C(C2CCCCC2)N2CC=C(CCl)N=C2S1. The lowest BCUT2D eigenvalue weighted by Gasteiger charge is -2.31. The van der Waals surface area contributed by atoms with Crippen molar-refractivity contribution in [2.75, 3.05) is 12.4 Å². The molecule has 0 N–H and O–H groups in total.